The van der Waals surface area contributed by atoms with Crippen LogP contribution in [0.25, 0.3) is 0 Å². The number of phenolic OH excluding ortho intramolecular Hbond substituents is 2. The zero-order valence-corrected chi connectivity index (χ0v) is 14.5. The number of nitrogens with zero attached hydrogens (tertiary/aromatic N) is 1. The van der Waals surface area contributed by atoms with Crippen molar-refractivity contribution in [3.8, 4) is 23.0 Å². The summed E-state index contributed by atoms with van der Waals surface area (Å²) in [6.45, 7) is 0. The third-order valence-corrected chi connectivity index (χ3v) is 3.70. The van der Waals surface area contributed by atoms with Crippen LogP contribution in [-0.2, 0) is 0 Å². The molecular formula is C16H15BrN2O5. The van der Waals surface area contributed by atoms with Gasteiger partial charge >= 0.3 is 0 Å². The molecule has 1 amide bonds. The molecule has 0 aliphatic carbocycles. The largest absolute Gasteiger partial charge is 0.507 e. The highest BCUT2D eigenvalue weighted by atomic mass is 79.9. The van der Waals surface area contributed by atoms with E-state index >= 15 is 0 Å². The Hall–Kier alpha value is -2.74. The van der Waals surface area contributed by atoms with Gasteiger partial charge in [-0.1, -0.05) is 0 Å². The molecule has 0 aromatic heterocycles. The number of nitrogens with one attached hydrogen (secondary N) is 1. The number of hydrogen-bond acceptors (Lipinski definition) is 6. The molecule has 8 heteroatoms. The molecule has 0 bridgehead atoms. The summed E-state index contributed by atoms with van der Waals surface area (Å²) < 4.78 is 10.4. The molecule has 0 radical (unpaired) electrons. The number of ether oxygens (including phenoxy) is 2. The number of benzene rings is 2. The summed E-state index contributed by atoms with van der Waals surface area (Å²) in [7, 11) is 2.89. The van der Waals surface area contributed by atoms with E-state index in [1.807, 2.05) is 0 Å². The van der Waals surface area contributed by atoms with Crippen molar-refractivity contribution in [1.82, 2.24) is 5.43 Å². The quantitative estimate of drug-likeness (QED) is 0.534. The molecule has 7 nitrogen and oxygen atoms in total. The van der Waals surface area contributed by atoms with Crippen molar-refractivity contribution in [2.75, 3.05) is 14.2 Å². The number of amides is 1. The van der Waals surface area contributed by atoms with Gasteiger partial charge < -0.3 is 19.7 Å². The van der Waals surface area contributed by atoms with Gasteiger partial charge in [-0.25, -0.2) is 5.43 Å². The van der Waals surface area contributed by atoms with Crippen LogP contribution in [0.5, 0.6) is 23.0 Å². The Morgan fingerprint density at radius 2 is 1.96 bits per heavy atom. The van der Waals surface area contributed by atoms with Gasteiger partial charge in [0.25, 0.3) is 5.91 Å². The third-order valence-electron chi connectivity index (χ3n) is 3.10. The van der Waals surface area contributed by atoms with Gasteiger partial charge in [0.05, 0.1) is 30.5 Å². The summed E-state index contributed by atoms with van der Waals surface area (Å²) in [6, 6.07) is 7.49. The van der Waals surface area contributed by atoms with E-state index in [4.69, 9.17) is 9.47 Å². The van der Waals surface area contributed by atoms with Crippen molar-refractivity contribution in [3.63, 3.8) is 0 Å². The summed E-state index contributed by atoms with van der Waals surface area (Å²) >= 11 is 3.19. The number of aromatic hydroxyl groups is 2. The molecule has 0 unspecified atom stereocenters. The van der Waals surface area contributed by atoms with E-state index in [1.165, 1.54) is 32.6 Å². The molecule has 2 aromatic carbocycles. The van der Waals surface area contributed by atoms with E-state index in [0.717, 1.165) is 0 Å². The monoisotopic (exact) mass is 394 g/mol. The van der Waals surface area contributed by atoms with Crippen LogP contribution in [0.4, 0.5) is 0 Å². The number of carbonyl (C=O) groups excluding carboxylic acids is 1. The molecule has 2 rings (SSSR count). The molecule has 3 N–H and O–H groups in total. The van der Waals surface area contributed by atoms with Gasteiger partial charge in [0, 0.05) is 6.07 Å². The second-order valence-electron chi connectivity index (χ2n) is 4.64. The zero-order valence-electron chi connectivity index (χ0n) is 12.9. The lowest BCUT2D eigenvalue weighted by Crippen LogP contribution is -2.17. The first-order chi connectivity index (χ1) is 11.5. The lowest BCUT2D eigenvalue weighted by atomic mass is 10.2. The fraction of sp³-hybridized carbons (Fsp3) is 0.125. The second kappa shape index (κ2) is 7.69. The van der Waals surface area contributed by atoms with E-state index in [1.54, 1.807) is 18.2 Å². The van der Waals surface area contributed by atoms with Gasteiger partial charge in [0.1, 0.15) is 11.5 Å². The van der Waals surface area contributed by atoms with E-state index < -0.39 is 5.91 Å². The van der Waals surface area contributed by atoms with E-state index in [0.29, 0.717) is 15.8 Å². The highest BCUT2D eigenvalue weighted by molar-refractivity contribution is 9.10. The van der Waals surface area contributed by atoms with Crippen LogP contribution in [0, 0.1) is 0 Å². The Kier molecular flexibility index (Phi) is 5.64. The second-order valence-corrected chi connectivity index (χ2v) is 5.49. The molecule has 0 aliphatic heterocycles. The van der Waals surface area contributed by atoms with Crippen molar-refractivity contribution < 1.29 is 24.5 Å². The molecule has 0 aliphatic rings. The van der Waals surface area contributed by atoms with Gasteiger partial charge in [-0.15, -0.1) is 0 Å². The van der Waals surface area contributed by atoms with Crippen molar-refractivity contribution in [2.45, 2.75) is 0 Å². The number of carbonyl (C=O) groups is 1. The third kappa shape index (κ3) is 3.96. The Labute approximate surface area is 146 Å². The van der Waals surface area contributed by atoms with E-state index in [-0.39, 0.29) is 22.8 Å². The fourth-order valence-electron chi connectivity index (χ4n) is 1.88. The molecule has 0 heterocycles. The number of methoxy groups -OCH3 is 2. The molecule has 0 atom stereocenters. The predicted octanol–water partition coefficient (Wildman–Crippen LogP) is 2.64. The first-order valence-corrected chi connectivity index (χ1v) is 7.52. The highest BCUT2D eigenvalue weighted by Gasteiger charge is 2.11. The summed E-state index contributed by atoms with van der Waals surface area (Å²) in [5, 5.41) is 23.4. The van der Waals surface area contributed by atoms with Crippen LogP contribution in [0.3, 0.4) is 0 Å². The number of hydrazone groups is 1. The predicted molar refractivity (Wildman–Crippen MR) is 92.1 cm³/mol. The van der Waals surface area contributed by atoms with Crippen molar-refractivity contribution in [2.24, 2.45) is 5.10 Å². The van der Waals surface area contributed by atoms with Crippen LogP contribution in [0.15, 0.2) is 39.9 Å². The Morgan fingerprint density at radius 1 is 1.21 bits per heavy atom. The van der Waals surface area contributed by atoms with Crippen LogP contribution < -0.4 is 14.9 Å². The Morgan fingerprint density at radius 3 is 2.58 bits per heavy atom. The summed E-state index contributed by atoms with van der Waals surface area (Å²) in [5.74, 6) is -0.104. The zero-order chi connectivity index (χ0) is 17.7. The van der Waals surface area contributed by atoms with Crippen LogP contribution in [0.1, 0.15) is 15.9 Å². The normalized spacial score (nSPS) is 10.6. The molecule has 0 saturated heterocycles. The number of rotatable bonds is 5. The number of hydrogen-bond donors (Lipinski definition) is 3. The van der Waals surface area contributed by atoms with Crippen LogP contribution >= 0.6 is 15.9 Å². The SMILES string of the molecule is COc1ccc(C(=O)N/N=C\c2cc(Br)c(O)c(OC)c2)c(O)c1. The molecule has 24 heavy (non-hydrogen) atoms. The molecule has 126 valence electrons. The van der Waals surface area contributed by atoms with Gasteiger partial charge in [0.15, 0.2) is 11.5 Å². The fourth-order valence-corrected chi connectivity index (χ4v) is 2.34. The number of halogens is 1. The first kappa shape index (κ1) is 17.6. The molecular weight excluding hydrogens is 380 g/mol. The summed E-state index contributed by atoms with van der Waals surface area (Å²) in [6.07, 6.45) is 1.38. The molecule has 0 saturated carbocycles. The topological polar surface area (TPSA) is 100 Å². The maximum atomic E-state index is 12.0. The van der Waals surface area contributed by atoms with Crippen molar-refractivity contribution in [1.29, 1.82) is 0 Å². The average molecular weight is 395 g/mol. The van der Waals surface area contributed by atoms with Crippen LogP contribution in [0.2, 0.25) is 0 Å². The van der Waals surface area contributed by atoms with E-state index in [9.17, 15) is 15.0 Å². The number of phenols is 2. The minimum absolute atomic E-state index is 0.0261. The lowest BCUT2D eigenvalue weighted by molar-refractivity contribution is 0.0952. The van der Waals surface area contributed by atoms with Gasteiger partial charge in [-0.05, 0) is 45.8 Å². The maximum absolute atomic E-state index is 12.0. The smallest absolute Gasteiger partial charge is 0.275 e. The standard InChI is InChI=1S/C16H15BrN2O5/c1-23-10-3-4-11(13(20)7-10)16(22)19-18-8-9-5-12(17)15(21)14(6-9)24-2/h3-8,20-21H,1-2H3,(H,19,22)/b18-8-. The highest BCUT2D eigenvalue weighted by Crippen LogP contribution is 2.34. The minimum Gasteiger partial charge on any atom is -0.507 e. The molecule has 2 aromatic rings. The molecule has 0 fully saturated rings. The Bertz CT molecular complexity index is 792. The van der Waals surface area contributed by atoms with Gasteiger partial charge in [0.2, 0.25) is 0 Å². The minimum atomic E-state index is -0.573. The Balaban J connectivity index is 2.11. The summed E-state index contributed by atoms with van der Waals surface area (Å²) in [5.41, 5.74) is 2.97. The van der Waals surface area contributed by atoms with Gasteiger partial charge in [-0.3, -0.25) is 4.79 Å². The van der Waals surface area contributed by atoms with Crippen LogP contribution in [-0.4, -0.2) is 36.6 Å². The summed E-state index contributed by atoms with van der Waals surface area (Å²) in [4.78, 5) is 12.0. The van der Waals surface area contributed by atoms with Gasteiger partial charge in [-0.2, -0.15) is 5.10 Å². The maximum Gasteiger partial charge on any atom is 0.275 e. The van der Waals surface area contributed by atoms with E-state index in [2.05, 4.69) is 26.5 Å². The molecule has 0 spiro atoms. The van der Waals surface area contributed by atoms with Crippen molar-refractivity contribution in [3.05, 3.63) is 45.9 Å². The lowest BCUT2D eigenvalue weighted by Gasteiger charge is -2.07. The average Bonchev–Trinajstić information content (AvgIpc) is 2.57. The first-order valence-electron chi connectivity index (χ1n) is 6.73. The van der Waals surface area contributed by atoms with Crippen molar-refractivity contribution >= 4 is 28.1 Å².